The van der Waals surface area contributed by atoms with Crippen molar-refractivity contribution in [2.45, 2.75) is 19.4 Å². The van der Waals surface area contributed by atoms with Crippen molar-refractivity contribution in [3.05, 3.63) is 58.3 Å². The van der Waals surface area contributed by atoms with E-state index in [4.69, 9.17) is 0 Å². The zero-order chi connectivity index (χ0) is 15.2. The molecule has 0 saturated heterocycles. The minimum absolute atomic E-state index is 0.324. The van der Waals surface area contributed by atoms with Crippen LogP contribution in [-0.4, -0.2) is 25.6 Å². The van der Waals surface area contributed by atoms with E-state index >= 15 is 0 Å². The van der Waals surface area contributed by atoms with Crippen molar-refractivity contribution < 1.29 is 0 Å². The average molecular weight is 348 g/mol. The first-order valence-electron chi connectivity index (χ1n) is 7.19. The van der Waals surface area contributed by atoms with Crippen molar-refractivity contribution in [1.82, 2.24) is 10.3 Å². The van der Waals surface area contributed by atoms with Gasteiger partial charge in [0.15, 0.2) is 0 Å². The van der Waals surface area contributed by atoms with Gasteiger partial charge in [-0.25, -0.2) is 0 Å². The molecule has 0 spiro atoms. The van der Waals surface area contributed by atoms with E-state index in [0.717, 1.165) is 23.1 Å². The Kier molecular flexibility index (Phi) is 5.76. The van der Waals surface area contributed by atoms with Gasteiger partial charge < -0.3 is 10.2 Å². The number of hydrogen-bond donors (Lipinski definition) is 1. The van der Waals surface area contributed by atoms with E-state index in [9.17, 15) is 0 Å². The highest BCUT2D eigenvalue weighted by atomic mass is 79.9. The molecule has 0 aliphatic carbocycles. The minimum Gasteiger partial charge on any atom is -0.374 e. The van der Waals surface area contributed by atoms with Crippen LogP contribution in [0, 0.1) is 0 Å². The number of aromatic nitrogens is 1. The fraction of sp³-hybridized carbons (Fsp3) is 0.353. The number of likely N-dealkylation sites (N-methyl/N-ethyl adjacent to an activating group) is 1. The van der Waals surface area contributed by atoms with Gasteiger partial charge in [-0.05, 0) is 43.8 Å². The van der Waals surface area contributed by atoms with Crippen molar-refractivity contribution in [2.75, 3.05) is 25.5 Å². The third-order valence-electron chi connectivity index (χ3n) is 3.73. The molecule has 1 aromatic carbocycles. The molecular formula is C17H22BrN3. The molecule has 0 radical (unpaired) electrons. The van der Waals surface area contributed by atoms with Crippen LogP contribution in [0.1, 0.15) is 24.2 Å². The van der Waals surface area contributed by atoms with Crippen LogP contribution < -0.4 is 10.2 Å². The average Bonchev–Trinajstić information content (AvgIpc) is 2.52. The molecule has 1 aromatic heterocycles. The van der Waals surface area contributed by atoms with Crippen LogP contribution in [0.3, 0.4) is 0 Å². The lowest BCUT2D eigenvalue weighted by molar-refractivity contribution is 0.649. The maximum atomic E-state index is 4.39. The molecule has 2 rings (SSSR count). The number of benzene rings is 1. The summed E-state index contributed by atoms with van der Waals surface area (Å²) in [6, 6.07) is 12.8. The molecule has 21 heavy (non-hydrogen) atoms. The van der Waals surface area contributed by atoms with Crippen LogP contribution >= 0.6 is 15.9 Å². The monoisotopic (exact) mass is 347 g/mol. The summed E-state index contributed by atoms with van der Waals surface area (Å²) < 4.78 is 1.11. The van der Waals surface area contributed by atoms with E-state index in [-0.39, 0.29) is 0 Å². The molecular weight excluding hydrogens is 326 g/mol. The summed E-state index contributed by atoms with van der Waals surface area (Å²) in [6.45, 7) is 3.12. The zero-order valence-corrected chi connectivity index (χ0v) is 14.4. The molecule has 0 amide bonds. The van der Waals surface area contributed by atoms with Gasteiger partial charge in [0.25, 0.3) is 0 Å². The Balaban J connectivity index is 2.14. The number of anilines is 1. The van der Waals surface area contributed by atoms with Gasteiger partial charge in [0, 0.05) is 48.1 Å². The Labute approximate surface area is 135 Å². The molecule has 112 valence electrons. The third-order valence-corrected chi connectivity index (χ3v) is 4.23. The Morgan fingerprint density at radius 2 is 2.10 bits per heavy atom. The first-order chi connectivity index (χ1) is 10.1. The summed E-state index contributed by atoms with van der Waals surface area (Å²) in [6.07, 6.45) is 2.79. The third kappa shape index (κ3) is 4.29. The standard InChI is InChI=1S/C17H22BrN3/c1-13(19-2)16-8-7-14(18)12-17(16)21(3)11-9-15-6-4-5-10-20-15/h4-8,10,12-13,19H,9,11H2,1-3H3. The number of nitrogens with one attached hydrogen (secondary N) is 1. The number of nitrogens with zero attached hydrogens (tertiary/aromatic N) is 2. The smallest absolute Gasteiger partial charge is 0.0423 e. The van der Waals surface area contributed by atoms with Crippen LogP contribution in [-0.2, 0) is 6.42 Å². The van der Waals surface area contributed by atoms with E-state index in [1.54, 1.807) is 0 Å². The van der Waals surface area contributed by atoms with Gasteiger partial charge in [0.05, 0.1) is 0 Å². The van der Waals surface area contributed by atoms with Gasteiger partial charge in [-0.1, -0.05) is 28.1 Å². The summed E-state index contributed by atoms with van der Waals surface area (Å²) in [5.74, 6) is 0. The van der Waals surface area contributed by atoms with Gasteiger partial charge >= 0.3 is 0 Å². The SMILES string of the molecule is CNC(C)c1ccc(Br)cc1N(C)CCc1ccccn1. The van der Waals surface area contributed by atoms with Crippen LogP contribution in [0.25, 0.3) is 0 Å². The van der Waals surface area contributed by atoms with Gasteiger partial charge in [-0.3, -0.25) is 4.98 Å². The molecule has 0 saturated carbocycles. The van der Waals surface area contributed by atoms with E-state index in [1.807, 2.05) is 25.4 Å². The van der Waals surface area contributed by atoms with Crippen LogP contribution in [0.15, 0.2) is 47.1 Å². The molecule has 0 bridgehead atoms. The maximum Gasteiger partial charge on any atom is 0.0423 e. The van der Waals surface area contributed by atoms with Crippen molar-refractivity contribution >= 4 is 21.6 Å². The van der Waals surface area contributed by atoms with Crippen LogP contribution in [0.2, 0.25) is 0 Å². The van der Waals surface area contributed by atoms with Gasteiger partial charge in [0.1, 0.15) is 0 Å². The van der Waals surface area contributed by atoms with Crippen molar-refractivity contribution in [3.63, 3.8) is 0 Å². The number of pyridine rings is 1. The molecule has 0 aliphatic heterocycles. The topological polar surface area (TPSA) is 28.2 Å². The highest BCUT2D eigenvalue weighted by Gasteiger charge is 2.13. The van der Waals surface area contributed by atoms with E-state index < -0.39 is 0 Å². The molecule has 3 nitrogen and oxygen atoms in total. The maximum absolute atomic E-state index is 4.39. The number of hydrogen-bond acceptors (Lipinski definition) is 3. The molecule has 1 atom stereocenters. The summed E-state index contributed by atoms with van der Waals surface area (Å²) in [5, 5.41) is 3.32. The van der Waals surface area contributed by atoms with E-state index in [2.05, 4.69) is 69.4 Å². The first-order valence-corrected chi connectivity index (χ1v) is 7.99. The molecule has 0 fully saturated rings. The van der Waals surface area contributed by atoms with Crippen LogP contribution in [0.5, 0.6) is 0 Å². The summed E-state index contributed by atoms with van der Waals surface area (Å²) in [5.41, 5.74) is 3.69. The normalized spacial score (nSPS) is 12.2. The van der Waals surface area contributed by atoms with Gasteiger partial charge in [-0.2, -0.15) is 0 Å². The zero-order valence-electron chi connectivity index (χ0n) is 12.8. The Hall–Kier alpha value is -1.39. The summed E-state index contributed by atoms with van der Waals surface area (Å²) in [4.78, 5) is 6.68. The van der Waals surface area contributed by atoms with Crippen molar-refractivity contribution in [1.29, 1.82) is 0 Å². The fourth-order valence-electron chi connectivity index (χ4n) is 2.32. The largest absolute Gasteiger partial charge is 0.374 e. The lowest BCUT2D eigenvalue weighted by atomic mass is 10.1. The molecule has 1 heterocycles. The van der Waals surface area contributed by atoms with Crippen molar-refractivity contribution in [3.8, 4) is 0 Å². The van der Waals surface area contributed by atoms with E-state index in [1.165, 1.54) is 11.3 Å². The Morgan fingerprint density at radius 3 is 2.76 bits per heavy atom. The first kappa shape index (κ1) is 16.0. The second kappa shape index (κ2) is 7.57. The summed E-state index contributed by atoms with van der Waals surface area (Å²) >= 11 is 3.57. The lowest BCUT2D eigenvalue weighted by Gasteiger charge is -2.25. The van der Waals surface area contributed by atoms with Crippen molar-refractivity contribution in [2.24, 2.45) is 0 Å². The molecule has 1 N–H and O–H groups in total. The lowest BCUT2D eigenvalue weighted by Crippen LogP contribution is -2.24. The number of rotatable bonds is 6. The number of halogens is 1. The highest BCUT2D eigenvalue weighted by Crippen LogP contribution is 2.29. The predicted molar refractivity (Wildman–Crippen MR) is 92.8 cm³/mol. The van der Waals surface area contributed by atoms with Gasteiger partial charge in [0.2, 0.25) is 0 Å². The summed E-state index contributed by atoms with van der Waals surface area (Å²) in [7, 11) is 4.13. The second-order valence-corrected chi connectivity index (χ2v) is 6.12. The van der Waals surface area contributed by atoms with Gasteiger partial charge in [-0.15, -0.1) is 0 Å². The van der Waals surface area contributed by atoms with Crippen LogP contribution in [0.4, 0.5) is 5.69 Å². The molecule has 0 aliphatic rings. The quantitative estimate of drug-likeness (QED) is 0.861. The molecule has 2 aromatic rings. The Bertz CT molecular complexity index is 572. The second-order valence-electron chi connectivity index (χ2n) is 5.21. The Morgan fingerprint density at radius 1 is 1.29 bits per heavy atom. The highest BCUT2D eigenvalue weighted by molar-refractivity contribution is 9.10. The molecule has 1 unspecified atom stereocenters. The predicted octanol–water partition coefficient (Wildman–Crippen LogP) is 3.80. The minimum atomic E-state index is 0.324. The van der Waals surface area contributed by atoms with E-state index in [0.29, 0.717) is 6.04 Å². The molecule has 4 heteroatoms. The fourth-order valence-corrected chi connectivity index (χ4v) is 2.67.